The van der Waals surface area contributed by atoms with Crippen LogP contribution in [0.1, 0.15) is 41.6 Å². The molecule has 0 aliphatic heterocycles. The molecular formula is C10H17N3S. The minimum atomic E-state index is 0.323. The zero-order valence-electron chi connectivity index (χ0n) is 8.49. The van der Waals surface area contributed by atoms with Crippen molar-refractivity contribution in [3.63, 3.8) is 0 Å². The van der Waals surface area contributed by atoms with Crippen molar-refractivity contribution in [1.29, 1.82) is 0 Å². The number of nitrogens with zero attached hydrogens (tertiary/aromatic N) is 1. The quantitative estimate of drug-likeness (QED) is 0.595. The van der Waals surface area contributed by atoms with Gasteiger partial charge in [-0.15, -0.1) is 11.3 Å². The number of aryl methyl sites for hydroxylation is 1. The maximum Gasteiger partial charge on any atom is 0.0897 e. The second-order valence-electron chi connectivity index (χ2n) is 3.97. The van der Waals surface area contributed by atoms with Crippen molar-refractivity contribution in [1.82, 2.24) is 10.4 Å². The second kappa shape index (κ2) is 4.38. The Kier molecular flexibility index (Phi) is 3.15. The maximum absolute atomic E-state index is 5.62. The van der Waals surface area contributed by atoms with E-state index in [9.17, 15) is 0 Å². The van der Waals surface area contributed by atoms with Crippen LogP contribution in [0.2, 0.25) is 0 Å². The van der Waals surface area contributed by atoms with E-state index in [1.165, 1.54) is 30.6 Å². The SMILES string of the molecule is Cc1ncc(C(NN)C2CCCC2)s1. The zero-order valence-corrected chi connectivity index (χ0v) is 9.31. The lowest BCUT2D eigenvalue weighted by atomic mass is 9.98. The van der Waals surface area contributed by atoms with E-state index < -0.39 is 0 Å². The van der Waals surface area contributed by atoms with E-state index in [0.717, 1.165) is 5.01 Å². The van der Waals surface area contributed by atoms with Gasteiger partial charge in [-0.25, -0.2) is 4.98 Å². The zero-order chi connectivity index (χ0) is 9.97. The summed E-state index contributed by atoms with van der Waals surface area (Å²) in [7, 11) is 0. The number of hydrazine groups is 1. The first kappa shape index (κ1) is 10.1. The van der Waals surface area contributed by atoms with Gasteiger partial charge in [0.2, 0.25) is 0 Å². The fourth-order valence-electron chi connectivity index (χ4n) is 2.26. The Morgan fingerprint density at radius 2 is 2.29 bits per heavy atom. The molecule has 4 heteroatoms. The van der Waals surface area contributed by atoms with Crippen LogP contribution in [0.4, 0.5) is 0 Å². The van der Waals surface area contributed by atoms with Crippen molar-refractivity contribution in [2.75, 3.05) is 0 Å². The van der Waals surface area contributed by atoms with Crippen molar-refractivity contribution in [3.05, 3.63) is 16.1 Å². The summed E-state index contributed by atoms with van der Waals surface area (Å²) in [5, 5.41) is 1.12. The number of aromatic nitrogens is 1. The molecule has 1 heterocycles. The monoisotopic (exact) mass is 211 g/mol. The Balaban J connectivity index is 2.12. The van der Waals surface area contributed by atoms with E-state index in [1.807, 2.05) is 13.1 Å². The minimum absolute atomic E-state index is 0.323. The molecule has 1 atom stereocenters. The van der Waals surface area contributed by atoms with E-state index in [4.69, 9.17) is 5.84 Å². The third-order valence-electron chi connectivity index (χ3n) is 3.00. The number of rotatable bonds is 3. The van der Waals surface area contributed by atoms with E-state index in [1.54, 1.807) is 11.3 Å². The predicted octanol–water partition coefficient (Wildman–Crippen LogP) is 2.15. The summed E-state index contributed by atoms with van der Waals surface area (Å²) in [4.78, 5) is 5.57. The number of nitrogens with one attached hydrogen (secondary N) is 1. The van der Waals surface area contributed by atoms with Crippen LogP contribution >= 0.6 is 11.3 Å². The molecule has 1 aromatic rings. The number of nitrogens with two attached hydrogens (primary N) is 1. The lowest BCUT2D eigenvalue weighted by Crippen LogP contribution is -2.32. The summed E-state index contributed by atoms with van der Waals surface area (Å²) in [5.41, 5.74) is 2.94. The normalized spacial score (nSPS) is 20.1. The predicted molar refractivity (Wildman–Crippen MR) is 58.9 cm³/mol. The number of hydrogen-bond acceptors (Lipinski definition) is 4. The summed E-state index contributed by atoms with van der Waals surface area (Å²) in [5.74, 6) is 6.33. The molecule has 3 nitrogen and oxygen atoms in total. The Labute approximate surface area is 88.7 Å². The Morgan fingerprint density at radius 3 is 2.79 bits per heavy atom. The van der Waals surface area contributed by atoms with Gasteiger partial charge in [0, 0.05) is 11.1 Å². The van der Waals surface area contributed by atoms with Crippen LogP contribution in [0.15, 0.2) is 6.20 Å². The molecule has 3 N–H and O–H groups in total. The molecule has 1 aliphatic rings. The first-order valence-electron chi connectivity index (χ1n) is 5.19. The number of hydrogen-bond donors (Lipinski definition) is 2. The Bertz CT molecular complexity index is 291. The highest BCUT2D eigenvalue weighted by Gasteiger charge is 2.26. The molecule has 1 fully saturated rings. The summed E-state index contributed by atoms with van der Waals surface area (Å²) in [6, 6.07) is 0.323. The minimum Gasteiger partial charge on any atom is -0.271 e. The van der Waals surface area contributed by atoms with Gasteiger partial charge in [-0.3, -0.25) is 11.3 Å². The molecule has 14 heavy (non-hydrogen) atoms. The molecule has 0 radical (unpaired) electrons. The lowest BCUT2D eigenvalue weighted by Gasteiger charge is -2.20. The average molecular weight is 211 g/mol. The molecule has 0 saturated heterocycles. The fraction of sp³-hybridized carbons (Fsp3) is 0.700. The second-order valence-corrected chi connectivity index (χ2v) is 5.24. The highest BCUT2D eigenvalue weighted by atomic mass is 32.1. The van der Waals surface area contributed by atoms with E-state index in [2.05, 4.69) is 10.4 Å². The summed E-state index contributed by atoms with van der Waals surface area (Å²) in [6.45, 7) is 2.04. The molecule has 0 bridgehead atoms. The first-order chi connectivity index (χ1) is 6.81. The van der Waals surface area contributed by atoms with Crippen LogP contribution in [-0.4, -0.2) is 4.98 Å². The standard InChI is InChI=1S/C10H17N3S/c1-7-12-6-9(14-7)10(13-11)8-4-2-3-5-8/h6,8,10,13H,2-5,11H2,1H3. The van der Waals surface area contributed by atoms with Gasteiger partial charge in [-0.1, -0.05) is 12.8 Å². The largest absolute Gasteiger partial charge is 0.271 e. The molecule has 1 aliphatic carbocycles. The van der Waals surface area contributed by atoms with Gasteiger partial charge in [-0.05, 0) is 25.7 Å². The molecule has 2 rings (SSSR count). The topological polar surface area (TPSA) is 50.9 Å². The van der Waals surface area contributed by atoms with Gasteiger partial charge in [0.25, 0.3) is 0 Å². The van der Waals surface area contributed by atoms with E-state index in [0.29, 0.717) is 12.0 Å². The van der Waals surface area contributed by atoms with Crippen molar-refractivity contribution in [3.8, 4) is 0 Å². The third kappa shape index (κ3) is 1.97. The van der Waals surface area contributed by atoms with Crippen LogP contribution in [0.25, 0.3) is 0 Å². The molecule has 1 unspecified atom stereocenters. The molecule has 0 aromatic carbocycles. The molecule has 1 aromatic heterocycles. The van der Waals surface area contributed by atoms with Gasteiger partial charge >= 0.3 is 0 Å². The molecular weight excluding hydrogens is 194 g/mol. The number of thiazole rings is 1. The summed E-state index contributed by atoms with van der Waals surface area (Å²) in [6.07, 6.45) is 7.25. The van der Waals surface area contributed by atoms with Gasteiger partial charge in [0.05, 0.1) is 11.0 Å². The highest BCUT2D eigenvalue weighted by Crippen LogP contribution is 2.36. The van der Waals surface area contributed by atoms with Crippen molar-refractivity contribution < 1.29 is 0 Å². The van der Waals surface area contributed by atoms with E-state index in [-0.39, 0.29) is 0 Å². The highest BCUT2D eigenvalue weighted by molar-refractivity contribution is 7.11. The molecule has 0 amide bonds. The molecule has 78 valence electrons. The Morgan fingerprint density at radius 1 is 1.57 bits per heavy atom. The molecule has 0 spiro atoms. The van der Waals surface area contributed by atoms with Crippen LogP contribution in [-0.2, 0) is 0 Å². The average Bonchev–Trinajstić information content (AvgIpc) is 2.79. The Hall–Kier alpha value is -0.450. The van der Waals surface area contributed by atoms with E-state index >= 15 is 0 Å². The maximum atomic E-state index is 5.62. The first-order valence-corrected chi connectivity index (χ1v) is 6.01. The van der Waals surface area contributed by atoms with Crippen molar-refractivity contribution in [2.45, 2.75) is 38.6 Å². The van der Waals surface area contributed by atoms with Gasteiger partial charge in [0.15, 0.2) is 0 Å². The fourth-order valence-corrected chi connectivity index (χ4v) is 3.20. The van der Waals surface area contributed by atoms with Crippen LogP contribution < -0.4 is 11.3 Å². The van der Waals surface area contributed by atoms with Gasteiger partial charge in [-0.2, -0.15) is 0 Å². The van der Waals surface area contributed by atoms with Crippen molar-refractivity contribution in [2.24, 2.45) is 11.8 Å². The third-order valence-corrected chi connectivity index (χ3v) is 3.99. The molecule has 1 saturated carbocycles. The lowest BCUT2D eigenvalue weighted by molar-refractivity contribution is 0.378. The van der Waals surface area contributed by atoms with Gasteiger partial charge < -0.3 is 0 Å². The van der Waals surface area contributed by atoms with Crippen LogP contribution in [0, 0.1) is 12.8 Å². The van der Waals surface area contributed by atoms with Crippen LogP contribution in [0.5, 0.6) is 0 Å². The van der Waals surface area contributed by atoms with Crippen LogP contribution in [0.3, 0.4) is 0 Å². The van der Waals surface area contributed by atoms with Crippen molar-refractivity contribution >= 4 is 11.3 Å². The summed E-state index contributed by atoms with van der Waals surface area (Å²) >= 11 is 1.75. The van der Waals surface area contributed by atoms with Gasteiger partial charge in [0.1, 0.15) is 0 Å². The summed E-state index contributed by atoms with van der Waals surface area (Å²) < 4.78 is 0. The smallest absolute Gasteiger partial charge is 0.0897 e.